The Morgan fingerprint density at radius 3 is 2.08 bits per heavy atom. The third-order valence-electron chi connectivity index (χ3n) is 2.86. The van der Waals surface area contributed by atoms with Crippen LogP contribution >= 0.6 is 27.5 Å². The van der Waals surface area contributed by atoms with Crippen molar-refractivity contribution in [2.24, 2.45) is 0 Å². The van der Waals surface area contributed by atoms with E-state index < -0.39 is 44.7 Å². The maximum absolute atomic E-state index is 13.9. The molecule has 0 saturated heterocycles. The van der Waals surface area contributed by atoms with Gasteiger partial charge in [-0.25, -0.2) is 9.37 Å². The zero-order chi connectivity index (χ0) is 18.5. The number of hydrogen-bond donors (Lipinski definition) is 0. The monoisotopic (exact) mass is 442 g/mol. The van der Waals surface area contributed by atoms with E-state index in [2.05, 4.69) is 4.98 Å². The van der Waals surface area contributed by atoms with Crippen molar-refractivity contribution in [3.63, 3.8) is 0 Å². The highest BCUT2D eigenvalue weighted by Crippen LogP contribution is 2.46. The maximum Gasteiger partial charge on any atom is 0.416 e. The molecule has 24 heavy (non-hydrogen) atoms. The molecule has 0 aliphatic rings. The zero-order valence-electron chi connectivity index (χ0n) is 11.0. The lowest BCUT2D eigenvalue weighted by Crippen LogP contribution is -2.32. The van der Waals surface area contributed by atoms with Crippen LogP contribution in [0.1, 0.15) is 11.3 Å². The molecule has 12 heteroatoms. The molecule has 0 bridgehead atoms. The first-order valence-electron chi connectivity index (χ1n) is 5.81. The van der Waals surface area contributed by atoms with E-state index in [9.17, 15) is 35.1 Å². The van der Waals surface area contributed by atoms with Gasteiger partial charge in [-0.3, -0.25) is 0 Å². The molecule has 0 saturated carbocycles. The van der Waals surface area contributed by atoms with Crippen molar-refractivity contribution < 1.29 is 35.1 Å². The Morgan fingerprint density at radius 2 is 1.62 bits per heavy atom. The largest absolute Gasteiger partial charge is 0.416 e. The van der Waals surface area contributed by atoms with E-state index in [1.54, 1.807) is 0 Å². The number of imidazole rings is 1. The van der Waals surface area contributed by atoms with Gasteiger partial charge in [-0.05, 0) is 28.1 Å². The number of halogens is 10. The quantitative estimate of drug-likeness (QED) is 0.435. The highest BCUT2D eigenvalue weighted by molar-refractivity contribution is 9.10. The summed E-state index contributed by atoms with van der Waals surface area (Å²) in [5.41, 5.74) is -3.57. The minimum atomic E-state index is -4.88. The molecule has 0 aliphatic carbocycles. The predicted octanol–water partition coefficient (Wildman–Crippen LogP) is 5.76. The van der Waals surface area contributed by atoms with Crippen LogP contribution in [0.3, 0.4) is 0 Å². The molecule has 0 spiro atoms. The second-order valence-corrected chi connectivity index (χ2v) is 5.93. The van der Waals surface area contributed by atoms with Gasteiger partial charge in [0.2, 0.25) is 0 Å². The highest BCUT2D eigenvalue weighted by Gasteiger charge is 2.57. The fraction of sp³-hybridized carbons (Fsp3) is 0.250. The molecule has 0 atom stereocenters. The predicted molar refractivity (Wildman–Crippen MR) is 71.3 cm³/mol. The summed E-state index contributed by atoms with van der Waals surface area (Å²) in [6.07, 6.45) is -4.01. The zero-order valence-corrected chi connectivity index (χ0v) is 13.3. The van der Waals surface area contributed by atoms with Gasteiger partial charge in [-0.15, -0.1) is 0 Å². The Morgan fingerprint density at radius 1 is 1.04 bits per heavy atom. The molecule has 0 unspecified atom stereocenters. The molecule has 2 aromatic rings. The van der Waals surface area contributed by atoms with Crippen molar-refractivity contribution >= 4 is 27.5 Å². The second kappa shape index (κ2) is 5.87. The third-order valence-corrected chi connectivity index (χ3v) is 3.65. The molecule has 0 fully saturated rings. The Bertz CT molecular complexity index is 742. The Balaban J connectivity index is 2.52. The number of benzene rings is 1. The summed E-state index contributed by atoms with van der Waals surface area (Å²) in [7, 11) is 0. The Hall–Kier alpha value is -1.36. The molecule has 2 rings (SSSR count). The number of aromatic nitrogens is 2. The lowest BCUT2D eigenvalue weighted by atomic mass is 10.2. The van der Waals surface area contributed by atoms with Crippen molar-refractivity contribution in [1.82, 2.24) is 9.55 Å². The average Bonchev–Trinajstić information content (AvgIpc) is 2.85. The van der Waals surface area contributed by atoms with E-state index in [0.29, 0.717) is 23.2 Å². The van der Waals surface area contributed by atoms with Crippen molar-refractivity contribution in [3.05, 3.63) is 46.8 Å². The maximum atomic E-state index is 13.9. The number of hydrogen-bond acceptors (Lipinski definition) is 1. The van der Waals surface area contributed by atoms with Crippen molar-refractivity contribution in [1.29, 1.82) is 0 Å². The normalized spacial score (nSPS) is 13.4. The molecule has 2 nitrogen and oxygen atoms in total. The topological polar surface area (TPSA) is 17.8 Å². The van der Waals surface area contributed by atoms with Gasteiger partial charge < -0.3 is 4.57 Å². The van der Waals surface area contributed by atoms with Crippen LogP contribution in [0.25, 0.3) is 5.69 Å². The molecule has 1 aromatic carbocycles. The van der Waals surface area contributed by atoms with Crippen LogP contribution in [0.5, 0.6) is 0 Å². The van der Waals surface area contributed by atoms with Crippen molar-refractivity contribution in [3.8, 4) is 5.69 Å². The van der Waals surface area contributed by atoms with Crippen LogP contribution in [0, 0.1) is 5.82 Å². The second-order valence-electron chi connectivity index (χ2n) is 4.52. The van der Waals surface area contributed by atoms with E-state index in [0.717, 1.165) is 0 Å². The van der Waals surface area contributed by atoms with Crippen LogP contribution in [-0.2, 0) is 12.1 Å². The average molecular weight is 444 g/mol. The third kappa shape index (κ3) is 3.37. The lowest BCUT2D eigenvalue weighted by molar-refractivity contribution is -0.156. The molecule has 132 valence electrons. The summed E-state index contributed by atoms with van der Waals surface area (Å²) in [4.78, 5) is -1.60. The fourth-order valence-electron chi connectivity index (χ4n) is 1.73. The number of rotatable bonds is 3. The Labute approximate surface area is 142 Å². The molecule has 0 amide bonds. The Kier molecular flexibility index (Phi) is 4.64. The number of nitrogens with zero attached hydrogens (tertiary/aromatic N) is 2. The molecule has 0 aliphatic heterocycles. The first-order chi connectivity index (χ1) is 10.7. The summed E-state index contributed by atoms with van der Waals surface area (Å²) in [6.45, 7) is 0. The minimum absolute atomic E-state index is 0.0954. The SMILES string of the molecule is Fc1cc(C(F)(F)F)cc(Cl)c1-n1cnc(C(F)(F)C(F)(F)Br)c1. The molecule has 0 N–H and O–H groups in total. The van der Waals surface area contributed by atoms with E-state index in [1.807, 2.05) is 0 Å². The van der Waals surface area contributed by atoms with Gasteiger partial charge in [0.05, 0.1) is 16.9 Å². The lowest BCUT2D eigenvalue weighted by Gasteiger charge is -2.19. The summed E-state index contributed by atoms with van der Waals surface area (Å²) in [5.74, 6) is -6.24. The van der Waals surface area contributed by atoms with Crippen LogP contribution in [0.4, 0.5) is 35.1 Å². The van der Waals surface area contributed by atoms with Crippen LogP contribution in [-0.4, -0.2) is 14.4 Å². The smallest absolute Gasteiger partial charge is 0.302 e. The van der Waals surface area contributed by atoms with Gasteiger partial charge in [0.25, 0.3) is 0 Å². The summed E-state index contributed by atoms with van der Waals surface area (Å²) in [6, 6.07) is 0.467. The first kappa shape index (κ1) is 19.0. The van der Waals surface area contributed by atoms with E-state index in [-0.39, 0.29) is 6.07 Å². The van der Waals surface area contributed by atoms with Crippen molar-refractivity contribution in [2.75, 3.05) is 0 Å². The minimum Gasteiger partial charge on any atom is -0.302 e. The first-order valence-corrected chi connectivity index (χ1v) is 6.98. The molecule has 1 aromatic heterocycles. The summed E-state index contributed by atoms with van der Waals surface area (Å²) >= 11 is 7.06. The van der Waals surface area contributed by atoms with Gasteiger partial charge >= 0.3 is 16.9 Å². The van der Waals surface area contributed by atoms with Gasteiger partial charge in [0.1, 0.15) is 17.2 Å². The van der Waals surface area contributed by atoms with Gasteiger partial charge in [0.15, 0.2) is 0 Å². The van der Waals surface area contributed by atoms with E-state index in [4.69, 9.17) is 11.6 Å². The molecular weight excluding hydrogens is 439 g/mol. The van der Waals surface area contributed by atoms with Gasteiger partial charge in [0, 0.05) is 6.20 Å². The molecule has 1 heterocycles. The van der Waals surface area contributed by atoms with Crippen LogP contribution < -0.4 is 0 Å². The van der Waals surface area contributed by atoms with Crippen LogP contribution in [0.15, 0.2) is 24.7 Å². The van der Waals surface area contributed by atoms with Gasteiger partial charge in [-0.2, -0.15) is 30.7 Å². The van der Waals surface area contributed by atoms with Crippen molar-refractivity contribution in [2.45, 2.75) is 16.9 Å². The van der Waals surface area contributed by atoms with E-state index in [1.165, 1.54) is 15.9 Å². The van der Waals surface area contributed by atoms with Gasteiger partial charge in [-0.1, -0.05) is 11.6 Å². The highest BCUT2D eigenvalue weighted by atomic mass is 79.9. The molecule has 0 radical (unpaired) electrons. The summed E-state index contributed by atoms with van der Waals surface area (Å²) < 4.78 is 105. The standard InChI is InChI=1S/C12H4BrClF8N2/c13-12(21,22)10(16,17)8-3-24(4-23-8)9-6(14)1-5(2-7(9)15)11(18,19)20/h1-4H. The van der Waals surface area contributed by atoms with Crippen LogP contribution in [0.2, 0.25) is 5.02 Å². The van der Waals surface area contributed by atoms with E-state index >= 15 is 0 Å². The fourth-order valence-corrected chi connectivity index (χ4v) is 2.24. The number of alkyl halides is 8. The molecular formula is C12H4BrClF8N2. The summed E-state index contributed by atoms with van der Waals surface area (Å²) in [5, 5.41) is -0.764.